The highest BCUT2D eigenvalue weighted by Crippen LogP contribution is 2.32. The molecule has 1 aliphatic heterocycles. The van der Waals surface area contributed by atoms with Crippen LogP contribution in [0.1, 0.15) is 21.5 Å². The smallest absolute Gasteiger partial charge is 0.522 e. The monoisotopic (exact) mass is 216 g/mol. The fraction of sp³-hybridized carbons (Fsp3) is 0.182. The first-order valence-electron chi connectivity index (χ1n) is 4.84. The van der Waals surface area contributed by atoms with Crippen LogP contribution in [0.3, 0.4) is 0 Å². The van der Waals surface area contributed by atoms with Gasteiger partial charge in [0, 0.05) is 5.56 Å². The largest absolute Gasteiger partial charge is 0.535 e. The molecule has 0 saturated heterocycles. The average Bonchev–Trinajstić information content (AvgIpc) is 2.26. The molecular formula is C11H9BO4. The molecule has 0 saturated carbocycles. The molecule has 0 radical (unpaired) electrons. The lowest BCUT2D eigenvalue weighted by atomic mass is 9.78. The molecule has 5 heteroatoms. The highest BCUT2D eigenvalue weighted by Gasteiger charge is 2.28. The van der Waals surface area contributed by atoms with Crippen molar-refractivity contribution < 1.29 is 19.6 Å². The van der Waals surface area contributed by atoms with Crippen molar-refractivity contribution >= 4 is 13.1 Å². The lowest BCUT2D eigenvalue weighted by Gasteiger charge is -2.21. The Hall–Kier alpha value is -1.93. The number of carboxylic acid groups (broad SMARTS) is 1. The van der Waals surface area contributed by atoms with Crippen molar-refractivity contribution in [3.63, 3.8) is 0 Å². The topological polar surface area (TPSA) is 66.8 Å². The van der Waals surface area contributed by atoms with Gasteiger partial charge in [0.15, 0.2) is 0 Å². The molecule has 80 valence electrons. The van der Waals surface area contributed by atoms with Crippen LogP contribution in [0.4, 0.5) is 0 Å². The number of carboxylic acids is 1. The van der Waals surface area contributed by atoms with Gasteiger partial charge in [-0.1, -0.05) is 12.0 Å². The van der Waals surface area contributed by atoms with Crippen LogP contribution in [0, 0.1) is 12.3 Å². The zero-order valence-corrected chi connectivity index (χ0v) is 8.43. The zero-order valence-electron chi connectivity index (χ0n) is 8.43. The number of hydrogen-bond acceptors (Lipinski definition) is 3. The van der Waals surface area contributed by atoms with Crippen LogP contribution in [-0.4, -0.2) is 23.2 Å². The molecule has 1 aliphatic rings. The second kappa shape index (κ2) is 3.91. The van der Waals surface area contributed by atoms with E-state index in [1.165, 1.54) is 0 Å². The van der Waals surface area contributed by atoms with Crippen LogP contribution in [0.15, 0.2) is 12.1 Å². The van der Waals surface area contributed by atoms with Crippen molar-refractivity contribution in [2.24, 2.45) is 0 Å². The maximum atomic E-state index is 11.1. The molecule has 0 aromatic heterocycles. The summed E-state index contributed by atoms with van der Waals surface area (Å²) in [7, 11) is -0.960. The molecule has 0 aliphatic carbocycles. The molecule has 0 spiro atoms. The molecule has 1 heterocycles. The van der Waals surface area contributed by atoms with Gasteiger partial charge in [-0.25, -0.2) is 4.79 Å². The van der Waals surface area contributed by atoms with Crippen molar-refractivity contribution in [1.82, 2.24) is 0 Å². The SMILES string of the molecule is C#Cc1ccc2c(c1C(=O)O)OB(O)CC2. The second-order valence-electron chi connectivity index (χ2n) is 3.54. The number of hydrogen-bond donors (Lipinski definition) is 2. The molecule has 0 amide bonds. The van der Waals surface area contributed by atoms with E-state index >= 15 is 0 Å². The van der Waals surface area contributed by atoms with Crippen LogP contribution < -0.4 is 4.65 Å². The normalized spacial score (nSPS) is 13.6. The van der Waals surface area contributed by atoms with Gasteiger partial charge < -0.3 is 14.8 Å². The molecule has 2 rings (SSSR count). The first-order chi connectivity index (χ1) is 7.63. The number of fused-ring (bicyclic) bond motifs is 1. The summed E-state index contributed by atoms with van der Waals surface area (Å²) in [5, 5.41) is 18.4. The summed E-state index contributed by atoms with van der Waals surface area (Å²) < 4.78 is 5.15. The summed E-state index contributed by atoms with van der Waals surface area (Å²) in [6.07, 6.45) is 6.27. The van der Waals surface area contributed by atoms with E-state index in [2.05, 4.69) is 5.92 Å². The summed E-state index contributed by atoms with van der Waals surface area (Å²) in [5.41, 5.74) is 0.987. The number of benzene rings is 1. The minimum atomic E-state index is -1.14. The Bertz CT molecular complexity index is 489. The lowest BCUT2D eigenvalue weighted by Crippen LogP contribution is -2.28. The minimum absolute atomic E-state index is 0.0428. The first-order valence-corrected chi connectivity index (χ1v) is 4.84. The fourth-order valence-electron chi connectivity index (χ4n) is 1.76. The van der Waals surface area contributed by atoms with Gasteiger partial charge in [0.1, 0.15) is 11.3 Å². The van der Waals surface area contributed by atoms with E-state index in [9.17, 15) is 9.82 Å². The molecule has 4 nitrogen and oxygen atoms in total. The van der Waals surface area contributed by atoms with Gasteiger partial charge in [-0.05, 0) is 24.4 Å². The molecule has 1 aromatic rings. The maximum absolute atomic E-state index is 11.1. The molecular weight excluding hydrogens is 207 g/mol. The third kappa shape index (κ3) is 1.64. The van der Waals surface area contributed by atoms with E-state index in [1.807, 2.05) is 0 Å². The number of aromatic carboxylic acids is 1. The summed E-state index contributed by atoms with van der Waals surface area (Å²) in [5.74, 6) is 1.36. The Morgan fingerprint density at radius 2 is 2.31 bits per heavy atom. The fourth-order valence-corrected chi connectivity index (χ4v) is 1.76. The van der Waals surface area contributed by atoms with Gasteiger partial charge in [-0.3, -0.25) is 0 Å². The summed E-state index contributed by atoms with van der Waals surface area (Å²) in [6.45, 7) is 0. The van der Waals surface area contributed by atoms with Crippen LogP contribution >= 0.6 is 0 Å². The quantitative estimate of drug-likeness (QED) is 0.537. The number of aryl methyl sites for hydroxylation is 1. The van der Waals surface area contributed by atoms with Crippen molar-refractivity contribution in [3.8, 4) is 18.1 Å². The number of terminal acetylenes is 1. The van der Waals surface area contributed by atoms with Crippen LogP contribution in [0.5, 0.6) is 5.75 Å². The van der Waals surface area contributed by atoms with Gasteiger partial charge in [-0.2, -0.15) is 0 Å². The van der Waals surface area contributed by atoms with E-state index in [0.29, 0.717) is 12.7 Å². The lowest BCUT2D eigenvalue weighted by molar-refractivity contribution is 0.0694. The van der Waals surface area contributed by atoms with Crippen molar-refractivity contribution in [2.45, 2.75) is 12.7 Å². The first kappa shape index (κ1) is 10.6. The summed E-state index contributed by atoms with van der Waals surface area (Å²) in [6, 6.07) is 3.33. The molecule has 2 N–H and O–H groups in total. The van der Waals surface area contributed by atoms with E-state index in [1.54, 1.807) is 12.1 Å². The van der Waals surface area contributed by atoms with Gasteiger partial charge in [0.2, 0.25) is 0 Å². The Morgan fingerprint density at radius 1 is 1.56 bits per heavy atom. The maximum Gasteiger partial charge on any atom is 0.522 e. The summed E-state index contributed by atoms with van der Waals surface area (Å²) in [4.78, 5) is 11.1. The molecule has 0 unspecified atom stereocenters. The molecule has 1 aromatic carbocycles. The van der Waals surface area contributed by atoms with Gasteiger partial charge in [-0.15, -0.1) is 6.42 Å². The zero-order chi connectivity index (χ0) is 11.7. The molecule has 0 atom stereocenters. The second-order valence-corrected chi connectivity index (χ2v) is 3.54. The van der Waals surface area contributed by atoms with Gasteiger partial charge in [0.05, 0.1) is 0 Å². The van der Waals surface area contributed by atoms with Crippen molar-refractivity contribution in [3.05, 3.63) is 28.8 Å². The Morgan fingerprint density at radius 3 is 2.94 bits per heavy atom. The third-order valence-corrected chi connectivity index (χ3v) is 2.52. The van der Waals surface area contributed by atoms with Crippen LogP contribution in [-0.2, 0) is 6.42 Å². The van der Waals surface area contributed by atoms with Crippen molar-refractivity contribution in [2.75, 3.05) is 0 Å². The average molecular weight is 216 g/mol. The molecule has 16 heavy (non-hydrogen) atoms. The predicted octanol–water partition coefficient (Wildman–Crippen LogP) is 0.782. The van der Waals surface area contributed by atoms with Crippen LogP contribution in [0.25, 0.3) is 0 Å². The number of rotatable bonds is 1. The molecule has 0 bridgehead atoms. The number of carbonyl (C=O) groups is 1. The summed E-state index contributed by atoms with van der Waals surface area (Å²) >= 11 is 0. The van der Waals surface area contributed by atoms with E-state index in [4.69, 9.17) is 16.2 Å². The molecule has 0 fully saturated rings. The van der Waals surface area contributed by atoms with E-state index < -0.39 is 13.1 Å². The van der Waals surface area contributed by atoms with Crippen molar-refractivity contribution in [1.29, 1.82) is 0 Å². The third-order valence-electron chi connectivity index (χ3n) is 2.52. The highest BCUT2D eigenvalue weighted by atomic mass is 16.5. The van der Waals surface area contributed by atoms with Crippen LogP contribution in [0.2, 0.25) is 6.32 Å². The predicted molar refractivity (Wildman–Crippen MR) is 58.4 cm³/mol. The Kier molecular flexibility index (Phi) is 2.59. The highest BCUT2D eigenvalue weighted by molar-refractivity contribution is 6.44. The standard InChI is InChI=1S/C11H9BO4/c1-2-7-3-4-8-5-6-12(15)16-10(8)9(7)11(13)14/h1,3-4,15H,5-6H2,(H,13,14). The Balaban J connectivity index is 2.63. The minimum Gasteiger partial charge on any atom is -0.535 e. The Labute approximate surface area is 93.0 Å². The van der Waals surface area contributed by atoms with Gasteiger partial charge >= 0.3 is 13.1 Å². The van der Waals surface area contributed by atoms with E-state index in [-0.39, 0.29) is 16.9 Å². The van der Waals surface area contributed by atoms with E-state index in [0.717, 1.165) is 5.56 Å². The van der Waals surface area contributed by atoms with Gasteiger partial charge in [0.25, 0.3) is 0 Å².